The molecule has 0 spiro atoms. The Bertz CT molecular complexity index is 600. The third kappa shape index (κ3) is 8.32. The van der Waals surface area contributed by atoms with Gasteiger partial charge >= 0.3 is 0 Å². The van der Waals surface area contributed by atoms with Gasteiger partial charge in [0.2, 0.25) is 0 Å². The first-order valence-corrected chi connectivity index (χ1v) is 11.5. The summed E-state index contributed by atoms with van der Waals surface area (Å²) in [7, 11) is 0. The standard InChI is InChI=1S/C25H41N2/c1-3-5-6-7-8-9-10-11-15-20-25-26(4-2)22-23-27(25)21-16-19-24-17-13-12-14-18-24/h12-14,17-18,22-23H,3-11,15-16,19-21H2,1-2H3/q+1. The molecular formula is C25H41N2+. The Kier molecular flexibility index (Phi) is 10.9. The average Bonchev–Trinajstić information content (AvgIpc) is 3.09. The van der Waals surface area contributed by atoms with Crippen LogP contribution in [-0.2, 0) is 25.9 Å². The summed E-state index contributed by atoms with van der Waals surface area (Å²) in [6.07, 6.45) is 20.8. The minimum absolute atomic E-state index is 1.08. The van der Waals surface area contributed by atoms with Crippen LogP contribution in [0.15, 0.2) is 42.7 Å². The zero-order chi connectivity index (χ0) is 19.2. The Morgan fingerprint density at radius 3 is 2.07 bits per heavy atom. The van der Waals surface area contributed by atoms with E-state index in [2.05, 4.69) is 65.7 Å². The molecule has 0 amide bonds. The molecule has 0 radical (unpaired) electrons. The van der Waals surface area contributed by atoms with Crippen molar-refractivity contribution in [3.63, 3.8) is 0 Å². The number of hydrogen-bond donors (Lipinski definition) is 0. The van der Waals surface area contributed by atoms with E-state index in [1.165, 1.54) is 88.4 Å². The van der Waals surface area contributed by atoms with Crippen LogP contribution >= 0.6 is 0 Å². The molecule has 1 aromatic carbocycles. The summed E-state index contributed by atoms with van der Waals surface area (Å²) in [5.41, 5.74) is 1.45. The van der Waals surface area contributed by atoms with E-state index in [1.54, 1.807) is 0 Å². The molecule has 27 heavy (non-hydrogen) atoms. The number of benzene rings is 1. The molecule has 1 heterocycles. The first kappa shape index (κ1) is 21.7. The van der Waals surface area contributed by atoms with Crippen molar-refractivity contribution in [3.8, 4) is 0 Å². The number of aromatic nitrogens is 2. The first-order chi connectivity index (χ1) is 13.3. The highest BCUT2D eigenvalue weighted by Gasteiger charge is 2.15. The predicted octanol–water partition coefficient (Wildman–Crippen LogP) is 6.50. The van der Waals surface area contributed by atoms with Crippen LogP contribution in [0, 0.1) is 0 Å². The molecule has 0 saturated carbocycles. The van der Waals surface area contributed by atoms with Crippen LogP contribution in [0.2, 0.25) is 0 Å². The number of aryl methyl sites for hydroxylation is 3. The monoisotopic (exact) mass is 369 g/mol. The molecule has 150 valence electrons. The topological polar surface area (TPSA) is 8.81 Å². The van der Waals surface area contributed by atoms with E-state index in [0.717, 1.165) is 13.1 Å². The minimum Gasteiger partial charge on any atom is -0.235 e. The molecule has 0 atom stereocenters. The molecule has 2 aromatic rings. The van der Waals surface area contributed by atoms with Gasteiger partial charge in [-0.25, -0.2) is 9.13 Å². The highest BCUT2D eigenvalue weighted by atomic mass is 15.1. The van der Waals surface area contributed by atoms with Crippen molar-refractivity contribution in [1.82, 2.24) is 4.57 Å². The molecule has 2 nitrogen and oxygen atoms in total. The van der Waals surface area contributed by atoms with Gasteiger partial charge in [-0.1, -0.05) is 88.6 Å². The smallest absolute Gasteiger partial charge is 0.235 e. The minimum atomic E-state index is 1.08. The fourth-order valence-corrected chi connectivity index (χ4v) is 3.97. The van der Waals surface area contributed by atoms with E-state index >= 15 is 0 Å². The maximum absolute atomic E-state index is 2.50. The lowest BCUT2D eigenvalue weighted by molar-refractivity contribution is -0.704. The van der Waals surface area contributed by atoms with Gasteiger partial charge in [-0.15, -0.1) is 0 Å². The molecule has 0 aliphatic rings. The molecular weight excluding hydrogens is 328 g/mol. The van der Waals surface area contributed by atoms with Crippen LogP contribution in [0.1, 0.15) is 89.4 Å². The predicted molar refractivity (Wildman–Crippen MR) is 116 cm³/mol. The summed E-state index contributed by atoms with van der Waals surface area (Å²) in [5.74, 6) is 1.52. The van der Waals surface area contributed by atoms with Gasteiger partial charge in [0.05, 0.1) is 13.1 Å². The second-order valence-electron chi connectivity index (χ2n) is 7.86. The van der Waals surface area contributed by atoms with Crippen LogP contribution in [0.3, 0.4) is 0 Å². The van der Waals surface area contributed by atoms with E-state index in [0.29, 0.717) is 0 Å². The zero-order valence-corrected chi connectivity index (χ0v) is 17.8. The van der Waals surface area contributed by atoms with Gasteiger partial charge in [0.1, 0.15) is 12.4 Å². The lowest BCUT2D eigenvalue weighted by Crippen LogP contribution is -2.37. The fraction of sp³-hybridized carbons (Fsp3) is 0.640. The summed E-state index contributed by atoms with van der Waals surface area (Å²) in [4.78, 5) is 0. The SMILES string of the molecule is CCCCCCCCCCCc1n(CC)cc[n+]1CCCc1ccccc1. The maximum Gasteiger partial charge on any atom is 0.256 e. The fourth-order valence-electron chi connectivity index (χ4n) is 3.97. The lowest BCUT2D eigenvalue weighted by atomic mass is 10.1. The van der Waals surface area contributed by atoms with Crippen LogP contribution < -0.4 is 4.57 Å². The average molecular weight is 370 g/mol. The summed E-state index contributed by atoms with van der Waals surface area (Å²) in [5, 5.41) is 0. The van der Waals surface area contributed by atoms with Gasteiger partial charge in [0.25, 0.3) is 5.82 Å². The Labute approximate surface area is 167 Å². The van der Waals surface area contributed by atoms with E-state index in [4.69, 9.17) is 0 Å². The number of hydrogen-bond acceptors (Lipinski definition) is 0. The van der Waals surface area contributed by atoms with Gasteiger partial charge in [-0.3, -0.25) is 0 Å². The van der Waals surface area contributed by atoms with Crippen LogP contribution in [0.4, 0.5) is 0 Å². The van der Waals surface area contributed by atoms with Gasteiger partial charge in [-0.05, 0) is 31.7 Å². The Morgan fingerprint density at radius 2 is 1.41 bits per heavy atom. The summed E-state index contributed by atoms with van der Waals surface area (Å²) >= 11 is 0. The highest BCUT2D eigenvalue weighted by Crippen LogP contribution is 2.11. The Morgan fingerprint density at radius 1 is 0.741 bits per heavy atom. The van der Waals surface area contributed by atoms with Crippen molar-refractivity contribution in [2.45, 2.75) is 104 Å². The zero-order valence-electron chi connectivity index (χ0n) is 17.8. The number of imidazole rings is 1. The molecule has 1 aromatic heterocycles. The molecule has 0 unspecified atom stereocenters. The third-order valence-electron chi connectivity index (χ3n) is 5.64. The van der Waals surface area contributed by atoms with E-state index in [1.807, 2.05) is 0 Å². The van der Waals surface area contributed by atoms with E-state index in [9.17, 15) is 0 Å². The first-order valence-electron chi connectivity index (χ1n) is 11.5. The van der Waals surface area contributed by atoms with Crippen molar-refractivity contribution in [1.29, 1.82) is 0 Å². The summed E-state index contributed by atoms with van der Waals surface area (Å²) in [6.45, 7) is 6.77. The van der Waals surface area contributed by atoms with Crippen molar-refractivity contribution < 1.29 is 4.57 Å². The number of unbranched alkanes of at least 4 members (excludes halogenated alkanes) is 8. The van der Waals surface area contributed by atoms with Gasteiger partial charge < -0.3 is 0 Å². The largest absolute Gasteiger partial charge is 0.256 e. The number of rotatable bonds is 15. The third-order valence-corrected chi connectivity index (χ3v) is 5.64. The van der Waals surface area contributed by atoms with Crippen LogP contribution in [0.5, 0.6) is 0 Å². The van der Waals surface area contributed by atoms with Crippen molar-refractivity contribution in [2.75, 3.05) is 0 Å². The number of nitrogens with zero attached hydrogens (tertiary/aromatic N) is 2. The molecule has 0 N–H and O–H groups in total. The Balaban J connectivity index is 1.68. The molecule has 2 rings (SSSR count). The highest BCUT2D eigenvalue weighted by molar-refractivity contribution is 5.14. The van der Waals surface area contributed by atoms with Crippen LogP contribution in [0.25, 0.3) is 0 Å². The normalized spacial score (nSPS) is 11.2. The Hall–Kier alpha value is -1.57. The second kappa shape index (κ2) is 13.6. The quantitative estimate of drug-likeness (QED) is 0.250. The lowest BCUT2D eigenvalue weighted by Gasteiger charge is -2.05. The van der Waals surface area contributed by atoms with Crippen LogP contribution in [-0.4, -0.2) is 4.57 Å². The molecule has 0 aliphatic carbocycles. The molecule has 2 heteroatoms. The van der Waals surface area contributed by atoms with Gasteiger partial charge in [0, 0.05) is 6.42 Å². The molecule has 0 fully saturated rings. The molecule has 0 saturated heterocycles. The molecule has 0 aliphatic heterocycles. The van der Waals surface area contributed by atoms with Crippen molar-refractivity contribution in [3.05, 3.63) is 54.1 Å². The summed E-state index contributed by atoms with van der Waals surface area (Å²) < 4.78 is 4.93. The summed E-state index contributed by atoms with van der Waals surface area (Å²) in [6, 6.07) is 10.9. The van der Waals surface area contributed by atoms with Gasteiger partial charge in [-0.2, -0.15) is 0 Å². The van der Waals surface area contributed by atoms with Crippen molar-refractivity contribution >= 4 is 0 Å². The second-order valence-corrected chi connectivity index (χ2v) is 7.86. The van der Waals surface area contributed by atoms with Gasteiger partial charge in [0.15, 0.2) is 0 Å². The maximum atomic E-state index is 2.50. The van der Waals surface area contributed by atoms with E-state index < -0.39 is 0 Å². The molecule has 0 bridgehead atoms. The van der Waals surface area contributed by atoms with E-state index in [-0.39, 0.29) is 0 Å². The van der Waals surface area contributed by atoms with Crippen molar-refractivity contribution in [2.24, 2.45) is 0 Å².